The molecule has 6 heteroatoms. The number of amides is 1. The quantitative estimate of drug-likeness (QED) is 0.912. The molecule has 2 saturated heterocycles. The highest BCUT2D eigenvalue weighted by Crippen LogP contribution is 2.25. The summed E-state index contributed by atoms with van der Waals surface area (Å²) in [5, 5.41) is 9.18. The molecule has 24 heavy (non-hydrogen) atoms. The number of hydrogen-bond donors (Lipinski definition) is 1. The third-order valence-corrected chi connectivity index (χ3v) is 4.79. The summed E-state index contributed by atoms with van der Waals surface area (Å²) in [7, 11) is 0. The number of carbonyl (C=O) groups is 2. The Morgan fingerprint density at radius 2 is 1.83 bits per heavy atom. The number of hydrogen-bond acceptors (Lipinski definition) is 4. The van der Waals surface area contributed by atoms with Crippen LogP contribution < -0.4 is 4.74 Å². The fraction of sp³-hybridized carbons (Fsp3) is 0.556. The molecule has 130 valence electrons. The van der Waals surface area contributed by atoms with Crippen LogP contribution in [0.1, 0.15) is 30.1 Å². The first-order valence-corrected chi connectivity index (χ1v) is 8.41. The molecule has 3 rings (SSSR count). The molecule has 2 heterocycles. The van der Waals surface area contributed by atoms with E-state index in [-0.39, 0.29) is 24.5 Å². The lowest BCUT2D eigenvalue weighted by Crippen LogP contribution is -2.30. The van der Waals surface area contributed by atoms with Crippen molar-refractivity contribution in [3.05, 3.63) is 29.8 Å². The lowest BCUT2D eigenvalue weighted by Gasteiger charge is -2.23. The minimum absolute atomic E-state index is 0.0254. The van der Waals surface area contributed by atoms with Gasteiger partial charge in [0.25, 0.3) is 5.91 Å². The Kier molecular flexibility index (Phi) is 5.04. The number of nitrogens with zero attached hydrogens (tertiary/aromatic N) is 1. The number of carbonyl (C=O) groups excluding carboxylic acids is 1. The highest BCUT2D eigenvalue weighted by molar-refractivity contribution is 5.95. The van der Waals surface area contributed by atoms with E-state index in [2.05, 4.69) is 0 Å². The smallest absolute Gasteiger partial charge is 0.308 e. The van der Waals surface area contributed by atoms with Crippen molar-refractivity contribution in [2.24, 2.45) is 11.8 Å². The van der Waals surface area contributed by atoms with Gasteiger partial charge in [0.1, 0.15) is 11.9 Å². The van der Waals surface area contributed by atoms with Crippen molar-refractivity contribution in [1.82, 2.24) is 4.90 Å². The molecule has 2 aliphatic rings. The Morgan fingerprint density at radius 1 is 1.17 bits per heavy atom. The molecular formula is C18H23NO5. The summed E-state index contributed by atoms with van der Waals surface area (Å²) in [5.74, 6) is -0.717. The number of rotatable bonds is 4. The summed E-state index contributed by atoms with van der Waals surface area (Å²) in [6.45, 7) is 4.07. The second-order valence-corrected chi connectivity index (χ2v) is 6.59. The summed E-state index contributed by atoms with van der Waals surface area (Å²) in [6.07, 6.45) is 1.92. The van der Waals surface area contributed by atoms with Gasteiger partial charge in [0.05, 0.1) is 19.1 Å². The average molecular weight is 333 g/mol. The standard InChI is InChI=1S/C18H23NO5/c1-12-10-19(11-16(12)18(21)22)17(20)13-2-4-14(5-3-13)24-15-6-8-23-9-7-15/h2-5,12,15-16H,6-11H2,1H3,(H,21,22)/t12-,16-/m1/s1. The SMILES string of the molecule is C[C@@H]1CN(C(=O)c2ccc(OC3CCOCC3)cc2)C[C@H]1C(=O)O. The summed E-state index contributed by atoms with van der Waals surface area (Å²) in [4.78, 5) is 25.3. The van der Waals surface area contributed by atoms with Crippen LogP contribution in [-0.2, 0) is 9.53 Å². The van der Waals surface area contributed by atoms with Crippen molar-refractivity contribution in [1.29, 1.82) is 0 Å². The molecule has 0 spiro atoms. The monoisotopic (exact) mass is 333 g/mol. The van der Waals surface area contributed by atoms with Gasteiger partial charge in [-0.05, 0) is 30.2 Å². The number of carboxylic acids is 1. The fourth-order valence-corrected chi connectivity index (χ4v) is 3.30. The van der Waals surface area contributed by atoms with Gasteiger partial charge < -0.3 is 19.5 Å². The van der Waals surface area contributed by atoms with Gasteiger partial charge in [-0.2, -0.15) is 0 Å². The average Bonchev–Trinajstić information content (AvgIpc) is 2.98. The molecule has 1 aromatic carbocycles. The molecule has 0 unspecified atom stereocenters. The summed E-state index contributed by atoms with van der Waals surface area (Å²) in [5.41, 5.74) is 0.563. The lowest BCUT2D eigenvalue weighted by molar-refractivity contribution is -0.142. The summed E-state index contributed by atoms with van der Waals surface area (Å²) >= 11 is 0. The van der Waals surface area contributed by atoms with Crippen LogP contribution in [0.25, 0.3) is 0 Å². The fourth-order valence-electron chi connectivity index (χ4n) is 3.30. The highest BCUT2D eigenvalue weighted by atomic mass is 16.5. The molecule has 0 radical (unpaired) electrons. The van der Waals surface area contributed by atoms with E-state index in [1.807, 2.05) is 6.92 Å². The lowest BCUT2D eigenvalue weighted by atomic mass is 9.99. The van der Waals surface area contributed by atoms with E-state index in [9.17, 15) is 14.7 Å². The van der Waals surface area contributed by atoms with Gasteiger partial charge in [-0.25, -0.2) is 0 Å². The van der Waals surface area contributed by atoms with Gasteiger partial charge in [-0.15, -0.1) is 0 Å². The van der Waals surface area contributed by atoms with Crippen LogP contribution in [0.4, 0.5) is 0 Å². The van der Waals surface area contributed by atoms with E-state index in [0.717, 1.165) is 31.8 Å². The molecule has 1 amide bonds. The number of ether oxygens (including phenoxy) is 2. The topological polar surface area (TPSA) is 76.1 Å². The molecular weight excluding hydrogens is 310 g/mol. The normalized spacial score (nSPS) is 24.8. The molecule has 2 atom stereocenters. The first kappa shape index (κ1) is 16.8. The maximum absolute atomic E-state index is 12.5. The Balaban J connectivity index is 1.60. The molecule has 0 aromatic heterocycles. The first-order chi connectivity index (χ1) is 11.5. The third-order valence-electron chi connectivity index (χ3n) is 4.79. The predicted octanol–water partition coefficient (Wildman–Crippen LogP) is 2.04. The molecule has 6 nitrogen and oxygen atoms in total. The van der Waals surface area contributed by atoms with E-state index in [1.165, 1.54) is 0 Å². The summed E-state index contributed by atoms with van der Waals surface area (Å²) < 4.78 is 11.2. The largest absolute Gasteiger partial charge is 0.490 e. The maximum atomic E-state index is 12.5. The van der Waals surface area contributed by atoms with Gasteiger partial charge in [0.15, 0.2) is 0 Å². The minimum atomic E-state index is -0.835. The van der Waals surface area contributed by atoms with Gasteiger partial charge >= 0.3 is 5.97 Å². The molecule has 1 N–H and O–H groups in total. The van der Waals surface area contributed by atoms with Crippen LogP contribution in [0.15, 0.2) is 24.3 Å². The third kappa shape index (κ3) is 3.70. The van der Waals surface area contributed by atoms with Gasteiger partial charge in [0.2, 0.25) is 0 Å². The van der Waals surface area contributed by atoms with Crippen LogP contribution in [0.5, 0.6) is 5.75 Å². The molecule has 0 bridgehead atoms. The van der Waals surface area contributed by atoms with E-state index >= 15 is 0 Å². The van der Waals surface area contributed by atoms with Crippen LogP contribution in [-0.4, -0.2) is 54.3 Å². The Hall–Kier alpha value is -2.08. The molecule has 0 saturated carbocycles. The summed E-state index contributed by atoms with van der Waals surface area (Å²) in [6, 6.07) is 7.10. The molecule has 0 aliphatic carbocycles. The Labute approximate surface area is 141 Å². The van der Waals surface area contributed by atoms with Crippen LogP contribution in [0.3, 0.4) is 0 Å². The second-order valence-electron chi connectivity index (χ2n) is 6.59. The van der Waals surface area contributed by atoms with Crippen molar-refractivity contribution in [3.8, 4) is 5.75 Å². The first-order valence-electron chi connectivity index (χ1n) is 8.41. The van der Waals surface area contributed by atoms with Crippen LogP contribution >= 0.6 is 0 Å². The second kappa shape index (κ2) is 7.21. The van der Waals surface area contributed by atoms with E-state index in [4.69, 9.17) is 9.47 Å². The minimum Gasteiger partial charge on any atom is -0.490 e. The zero-order valence-corrected chi connectivity index (χ0v) is 13.8. The zero-order valence-electron chi connectivity index (χ0n) is 13.8. The highest BCUT2D eigenvalue weighted by Gasteiger charge is 2.37. The van der Waals surface area contributed by atoms with Crippen molar-refractivity contribution in [2.45, 2.75) is 25.9 Å². The zero-order chi connectivity index (χ0) is 17.1. The Bertz CT molecular complexity index is 594. The van der Waals surface area contributed by atoms with E-state index in [0.29, 0.717) is 12.1 Å². The predicted molar refractivity (Wildman–Crippen MR) is 87.1 cm³/mol. The van der Waals surface area contributed by atoms with Gasteiger partial charge in [-0.1, -0.05) is 6.92 Å². The molecule has 2 fully saturated rings. The van der Waals surface area contributed by atoms with Gasteiger partial charge in [-0.3, -0.25) is 9.59 Å². The van der Waals surface area contributed by atoms with Crippen molar-refractivity contribution in [2.75, 3.05) is 26.3 Å². The molecule has 1 aromatic rings. The number of aliphatic carboxylic acids is 1. The number of likely N-dealkylation sites (tertiary alicyclic amines) is 1. The van der Waals surface area contributed by atoms with E-state index < -0.39 is 11.9 Å². The van der Waals surface area contributed by atoms with Crippen molar-refractivity contribution in [3.63, 3.8) is 0 Å². The number of benzene rings is 1. The maximum Gasteiger partial charge on any atom is 0.308 e. The van der Waals surface area contributed by atoms with Gasteiger partial charge in [0, 0.05) is 31.5 Å². The Morgan fingerprint density at radius 3 is 2.42 bits per heavy atom. The number of carboxylic acid groups (broad SMARTS) is 1. The molecule has 2 aliphatic heterocycles. The van der Waals surface area contributed by atoms with E-state index in [1.54, 1.807) is 29.2 Å². The van der Waals surface area contributed by atoms with Crippen molar-refractivity contribution < 1.29 is 24.2 Å². The van der Waals surface area contributed by atoms with Crippen molar-refractivity contribution >= 4 is 11.9 Å². The van der Waals surface area contributed by atoms with Crippen LogP contribution in [0.2, 0.25) is 0 Å². The van der Waals surface area contributed by atoms with Crippen LogP contribution in [0, 0.1) is 11.8 Å².